The summed E-state index contributed by atoms with van der Waals surface area (Å²) in [6.45, 7) is 2.47. The third kappa shape index (κ3) is 2.06. The third-order valence-electron chi connectivity index (χ3n) is 1.68. The Labute approximate surface area is 71.7 Å². The van der Waals surface area contributed by atoms with Crippen LogP contribution in [0.15, 0.2) is 10.6 Å². The van der Waals surface area contributed by atoms with Crippen LogP contribution in [0.2, 0.25) is 0 Å². The molecule has 68 valence electrons. The quantitative estimate of drug-likeness (QED) is 0.728. The first kappa shape index (κ1) is 9.22. The van der Waals surface area contributed by atoms with Gasteiger partial charge < -0.3 is 14.9 Å². The van der Waals surface area contributed by atoms with Crippen molar-refractivity contribution in [2.45, 2.75) is 19.4 Å². The van der Waals surface area contributed by atoms with Crippen molar-refractivity contribution in [2.75, 3.05) is 13.7 Å². The Bertz CT molecular complexity index is 235. The number of rotatable bonds is 4. The van der Waals surface area contributed by atoms with Crippen molar-refractivity contribution in [2.24, 2.45) is 5.73 Å². The minimum atomic E-state index is -0.0379. The van der Waals surface area contributed by atoms with Gasteiger partial charge in [0.15, 0.2) is 11.7 Å². The van der Waals surface area contributed by atoms with Crippen LogP contribution in [0, 0.1) is 0 Å². The van der Waals surface area contributed by atoms with Crippen molar-refractivity contribution in [1.29, 1.82) is 0 Å². The van der Waals surface area contributed by atoms with Crippen molar-refractivity contribution in [3.63, 3.8) is 0 Å². The molecule has 1 rings (SSSR count). The molecule has 0 saturated carbocycles. The summed E-state index contributed by atoms with van der Waals surface area (Å²) in [4.78, 5) is 4.05. The lowest BCUT2D eigenvalue weighted by molar-refractivity contribution is 0.0983. The monoisotopic (exact) mass is 170 g/mol. The number of nitrogens with zero attached hydrogens (tertiary/aromatic N) is 1. The highest BCUT2D eigenvalue weighted by Gasteiger charge is 2.09. The highest BCUT2D eigenvalue weighted by molar-refractivity contribution is 4.97. The van der Waals surface area contributed by atoms with Crippen molar-refractivity contribution in [3.05, 3.63) is 17.8 Å². The zero-order chi connectivity index (χ0) is 8.97. The molecule has 2 N–H and O–H groups in total. The number of hydrogen-bond acceptors (Lipinski definition) is 4. The predicted molar refractivity (Wildman–Crippen MR) is 44.7 cm³/mol. The highest BCUT2D eigenvalue weighted by atomic mass is 16.5. The topological polar surface area (TPSA) is 61.3 Å². The van der Waals surface area contributed by atoms with Gasteiger partial charge in [-0.2, -0.15) is 0 Å². The van der Waals surface area contributed by atoms with E-state index in [-0.39, 0.29) is 6.10 Å². The minimum Gasteiger partial charge on any atom is -0.443 e. The molecule has 4 heteroatoms. The van der Waals surface area contributed by atoms with Crippen LogP contribution in [0.4, 0.5) is 0 Å². The van der Waals surface area contributed by atoms with Crippen molar-refractivity contribution < 1.29 is 9.15 Å². The minimum absolute atomic E-state index is 0.0379. The number of oxazole rings is 1. The van der Waals surface area contributed by atoms with Crippen molar-refractivity contribution in [1.82, 2.24) is 4.98 Å². The molecule has 1 unspecified atom stereocenters. The van der Waals surface area contributed by atoms with Crippen molar-refractivity contribution >= 4 is 0 Å². The van der Waals surface area contributed by atoms with Gasteiger partial charge in [0.25, 0.3) is 0 Å². The fraction of sp³-hybridized carbons (Fsp3) is 0.625. The van der Waals surface area contributed by atoms with E-state index >= 15 is 0 Å². The molecule has 1 heterocycles. The SMILES string of the molecule is COC(C)c1cnc(CCN)o1. The normalized spacial score (nSPS) is 13.2. The average Bonchev–Trinajstić information content (AvgIpc) is 2.52. The van der Waals surface area contributed by atoms with Gasteiger partial charge in [-0.05, 0) is 6.92 Å². The van der Waals surface area contributed by atoms with Gasteiger partial charge in [0.1, 0.15) is 6.10 Å². The first-order chi connectivity index (χ1) is 5.77. The fourth-order valence-corrected chi connectivity index (χ4v) is 0.868. The van der Waals surface area contributed by atoms with E-state index < -0.39 is 0 Å². The van der Waals surface area contributed by atoms with E-state index in [1.54, 1.807) is 13.3 Å². The van der Waals surface area contributed by atoms with Gasteiger partial charge in [-0.1, -0.05) is 0 Å². The molecule has 0 spiro atoms. The van der Waals surface area contributed by atoms with E-state index in [1.165, 1.54) is 0 Å². The van der Waals surface area contributed by atoms with Crippen LogP contribution >= 0.6 is 0 Å². The van der Waals surface area contributed by atoms with E-state index in [0.29, 0.717) is 18.9 Å². The van der Waals surface area contributed by atoms with E-state index in [9.17, 15) is 0 Å². The summed E-state index contributed by atoms with van der Waals surface area (Å²) in [5.41, 5.74) is 5.35. The summed E-state index contributed by atoms with van der Waals surface area (Å²) in [7, 11) is 1.63. The summed E-state index contributed by atoms with van der Waals surface area (Å²) < 4.78 is 10.4. The summed E-state index contributed by atoms with van der Waals surface area (Å²) in [5.74, 6) is 1.43. The summed E-state index contributed by atoms with van der Waals surface area (Å²) in [6.07, 6.45) is 2.32. The van der Waals surface area contributed by atoms with Crippen LogP contribution in [0.3, 0.4) is 0 Å². The number of aromatic nitrogens is 1. The van der Waals surface area contributed by atoms with Crippen LogP contribution < -0.4 is 5.73 Å². The standard InChI is InChI=1S/C8H14N2O2/c1-6(11-2)7-5-10-8(12-7)3-4-9/h5-6H,3-4,9H2,1-2H3. The van der Waals surface area contributed by atoms with Gasteiger partial charge in [0.2, 0.25) is 0 Å². The number of ether oxygens (including phenoxy) is 1. The van der Waals surface area contributed by atoms with Gasteiger partial charge in [0, 0.05) is 20.1 Å². The van der Waals surface area contributed by atoms with E-state index in [0.717, 1.165) is 5.76 Å². The maximum absolute atomic E-state index is 5.36. The fourth-order valence-electron chi connectivity index (χ4n) is 0.868. The summed E-state index contributed by atoms with van der Waals surface area (Å²) in [6, 6.07) is 0. The first-order valence-electron chi connectivity index (χ1n) is 3.95. The second-order valence-corrected chi connectivity index (χ2v) is 2.57. The zero-order valence-electron chi connectivity index (χ0n) is 7.41. The molecule has 12 heavy (non-hydrogen) atoms. The molecule has 0 amide bonds. The Hall–Kier alpha value is -0.870. The second kappa shape index (κ2) is 4.23. The van der Waals surface area contributed by atoms with Crippen LogP contribution in [-0.2, 0) is 11.2 Å². The Morgan fingerprint density at radius 3 is 3.08 bits per heavy atom. The Kier molecular flexibility index (Phi) is 3.25. The van der Waals surface area contributed by atoms with Gasteiger partial charge >= 0.3 is 0 Å². The first-order valence-corrected chi connectivity index (χ1v) is 3.95. The maximum atomic E-state index is 5.36. The number of hydrogen-bond donors (Lipinski definition) is 1. The summed E-state index contributed by atoms with van der Waals surface area (Å²) >= 11 is 0. The molecule has 0 bridgehead atoms. The Balaban J connectivity index is 2.63. The molecule has 0 fully saturated rings. The molecule has 0 radical (unpaired) electrons. The molecule has 0 aliphatic rings. The lowest BCUT2D eigenvalue weighted by atomic mass is 10.3. The maximum Gasteiger partial charge on any atom is 0.195 e. The molecule has 1 aromatic heterocycles. The van der Waals surface area contributed by atoms with Gasteiger partial charge in [-0.25, -0.2) is 4.98 Å². The molecule has 1 atom stereocenters. The van der Waals surface area contributed by atoms with E-state index in [4.69, 9.17) is 14.9 Å². The van der Waals surface area contributed by atoms with Crippen molar-refractivity contribution in [3.8, 4) is 0 Å². The van der Waals surface area contributed by atoms with Crippen LogP contribution in [0.1, 0.15) is 24.7 Å². The molecule has 1 aromatic rings. The molecule has 4 nitrogen and oxygen atoms in total. The van der Waals surface area contributed by atoms with Crippen LogP contribution in [0.5, 0.6) is 0 Å². The third-order valence-corrected chi connectivity index (χ3v) is 1.68. The highest BCUT2D eigenvalue weighted by Crippen LogP contribution is 2.16. The molecule has 0 aromatic carbocycles. The molecule has 0 saturated heterocycles. The lowest BCUT2D eigenvalue weighted by Crippen LogP contribution is -2.02. The van der Waals surface area contributed by atoms with E-state index in [1.807, 2.05) is 6.92 Å². The zero-order valence-corrected chi connectivity index (χ0v) is 7.41. The smallest absolute Gasteiger partial charge is 0.195 e. The van der Waals surface area contributed by atoms with Crippen LogP contribution in [-0.4, -0.2) is 18.6 Å². The number of nitrogens with two attached hydrogens (primary N) is 1. The Morgan fingerprint density at radius 2 is 2.50 bits per heavy atom. The molecular formula is C8H14N2O2. The van der Waals surface area contributed by atoms with Gasteiger partial charge in [-0.15, -0.1) is 0 Å². The summed E-state index contributed by atoms with van der Waals surface area (Å²) in [5, 5.41) is 0. The van der Waals surface area contributed by atoms with Crippen LogP contribution in [0.25, 0.3) is 0 Å². The molecule has 0 aliphatic carbocycles. The Morgan fingerprint density at radius 1 is 1.75 bits per heavy atom. The number of methoxy groups -OCH3 is 1. The lowest BCUT2D eigenvalue weighted by Gasteiger charge is -2.03. The second-order valence-electron chi connectivity index (χ2n) is 2.57. The molecular weight excluding hydrogens is 156 g/mol. The largest absolute Gasteiger partial charge is 0.443 e. The predicted octanol–water partition coefficient (Wildman–Crippen LogP) is 0.883. The average molecular weight is 170 g/mol. The van der Waals surface area contributed by atoms with Gasteiger partial charge in [-0.3, -0.25) is 0 Å². The van der Waals surface area contributed by atoms with Gasteiger partial charge in [0.05, 0.1) is 6.20 Å². The van der Waals surface area contributed by atoms with E-state index in [2.05, 4.69) is 4.98 Å². The molecule has 0 aliphatic heterocycles.